The fourth-order valence-corrected chi connectivity index (χ4v) is 3.41. The van der Waals surface area contributed by atoms with Crippen LogP contribution in [0.3, 0.4) is 0 Å². The summed E-state index contributed by atoms with van der Waals surface area (Å²) in [6.07, 6.45) is 2.05. The van der Waals surface area contributed by atoms with E-state index >= 15 is 0 Å². The maximum atomic E-state index is 12.8. The van der Waals surface area contributed by atoms with Gasteiger partial charge in [0.2, 0.25) is 0 Å². The van der Waals surface area contributed by atoms with E-state index in [9.17, 15) is 10.1 Å². The van der Waals surface area contributed by atoms with E-state index in [4.69, 9.17) is 5.73 Å². The standard InChI is InChI=1S/C20H20N6O/c21-12-14-4-1-2-6-17(14)23-20(27)18-9-7-16-8-10-19(24-26(16)18)25-11-3-5-15(22)13-25/h1-2,4,6-10,15H,3,5,11,13,22H2,(H,23,27). The molecule has 0 saturated carbocycles. The van der Waals surface area contributed by atoms with E-state index in [1.54, 1.807) is 34.8 Å². The topological polar surface area (TPSA) is 99.5 Å². The van der Waals surface area contributed by atoms with Crippen LogP contribution in [0.5, 0.6) is 0 Å². The molecule has 7 nitrogen and oxygen atoms in total. The normalized spacial score (nSPS) is 16.9. The quantitative estimate of drug-likeness (QED) is 0.747. The predicted octanol–water partition coefficient (Wildman–Crippen LogP) is 2.39. The second-order valence-electron chi connectivity index (χ2n) is 6.71. The Labute approximate surface area is 157 Å². The van der Waals surface area contributed by atoms with Crippen LogP contribution in [0.4, 0.5) is 11.5 Å². The summed E-state index contributed by atoms with van der Waals surface area (Å²) in [5.41, 5.74) is 8.23. The number of carbonyl (C=O) groups is 1. The van der Waals surface area contributed by atoms with Crippen LogP contribution in [0, 0.1) is 11.3 Å². The average molecular weight is 360 g/mol. The van der Waals surface area contributed by atoms with Gasteiger partial charge in [-0.15, -0.1) is 5.10 Å². The van der Waals surface area contributed by atoms with Crippen molar-refractivity contribution in [2.75, 3.05) is 23.3 Å². The maximum absolute atomic E-state index is 12.8. The summed E-state index contributed by atoms with van der Waals surface area (Å²) < 4.78 is 1.64. The van der Waals surface area contributed by atoms with Crippen LogP contribution >= 0.6 is 0 Å². The zero-order valence-corrected chi connectivity index (χ0v) is 14.8. The Kier molecular flexibility index (Phi) is 4.48. The van der Waals surface area contributed by atoms with Gasteiger partial charge in [0.1, 0.15) is 17.6 Å². The van der Waals surface area contributed by atoms with Crippen LogP contribution in [-0.2, 0) is 0 Å². The molecule has 0 spiro atoms. The van der Waals surface area contributed by atoms with Crippen LogP contribution in [0.1, 0.15) is 28.9 Å². The first-order valence-electron chi connectivity index (χ1n) is 8.95. The van der Waals surface area contributed by atoms with Gasteiger partial charge in [-0.25, -0.2) is 4.52 Å². The van der Waals surface area contributed by atoms with Gasteiger partial charge in [0.05, 0.1) is 16.8 Å². The fourth-order valence-electron chi connectivity index (χ4n) is 3.41. The van der Waals surface area contributed by atoms with E-state index in [1.807, 2.05) is 18.2 Å². The Morgan fingerprint density at radius 1 is 1.22 bits per heavy atom. The van der Waals surface area contributed by atoms with Gasteiger partial charge in [0.15, 0.2) is 0 Å². The monoisotopic (exact) mass is 360 g/mol. The lowest BCUT2D eigenvalue weighted by Crippen LogP contribution is -2.43. The molecule has 136 valence electrons. The number of carbonyl (C=O) groups excluding carboxylic acids is 1. The minimum Gasteiger partial charge on any atom is -0.354 e. The molecule has 1 atom stereocenters. The molecule has 1 aliphatic heterocycles. The number of fused-ring (bicyclic) bond motifs is 1. The average Bonchev–Trinajstić information content (AvgIpc) is 3.11. The van der Waals surface area contributed by atoms with Crippen molar-refractivity contribution in [1.29, 1.82) is 5.26 Å². The highest BCUT2D eigenvalue weighted by atomic mass is 16.2. The molecular weight excluding hydrogens is 340 g/mol. The molecule has 3 heterocycles. The second-order valence-corrected chi connectivity index (χ2v) is 6.71. The molecule has 7 heteroatoms. The predicted molar refractivity (Wildman–Crippen MR) is 104 cm³/mol. The molecule has 3 N–H and O–H groups in total. The number of aromatic nitrogens is 2. The minimum atomic E-state index is -0.308. The summed E-state index contributed by atoms with van der Waals surface area (Å²) >= 11 is 0. The van der Waals surface area contributed by atoms with Crippen molar-refractivity contribution >= 4 is 22.9 Å². The van der Waals surface area contributed by atoms with Crippen molar-refractivity contribution in [3.8, 4) is 6.07 Å². The number of nitrogens with one attached hydrogen (secondary N) is 1. The summed E-state index contributed by atoms with van der Waals surface area (Å²) in [5.74, 6) is 0.498. The Morgan fingerprint density at radius 2 is 2.04 bits per heavy atom. The number of hydrogen-bond donors (Lipinski definition) is 2. The molecule has 3 aromatic rings. The second kappa shape index (κ2) is 7.09. The fraction of sp³-hybridized carbons (Fsp3) is 0.250. The molecular formula is C20H20N6O. The number of nitriles is 1. The molecule has 4 rings (SSSR count). The van der Waals surface area contributed by atoms with Crippen molar-refractivity contribution in [2.24, 2.45) is 5.73 Å². The van der Waals surface area contributed by atoms with E-state index in [2.05, 4.69) is 21.4 Å². The number of anilines is 2. The largest absolute Gasteiger partial charge is 0.354 e. The zero-order valence-electron chi connectivity index (χ0n) is 14.8. The smallest absolute Gasteiger partial charge is 0.274 e. The Hall–Kier alpha value is -3.37. The van der Waals surface area contributed by atoms with Crippen molar-refractivity contribution in [3.63, 3.8) is 0 Å². The molecule has 1 aliphatic rings. The number of piperidine rings is 1. The number of hydrogen-bond acceptors (Lipinski definition) is 5. The molecule has 1 amide bonds. The SMILES string of the molecule is N#Cc1ccccc1NC(=O)c1ccc2ccc(N3CCCC(N)C3)nn12. The van der Waals surface area contributed by atoms with E-state index < -0.39 is 0 Å². The summed E-state index contributed by atoms with van der Waals surface area (Å²) in [6, 6.07) is 16.6. The molecule has 1 saturated heterocycles. The lowest BCUT2D eigenvalue weighted by atomic mass is 10.1. The molecule has 0 aliphatic carbocycles. The zero-order chi connectivity index (χ0) is 18.8. The molecule has 1 unspecified atom stereocenters. The first-order valence-corrected chi connectivity index (χ1v) is 8.95. The van der Waals surface area contributed by atoms with Gasteiger partial charge in [0, 0.05) is 19.1 Å². The van der Waals surface area contributed by atoms with Crippen molar-refractivity contribution < 1.29 is 4.79 Å². The Bertz CT molecular complexity index is 1030. The summed E-state index contributed by atoms with van der Waals surface area (Å²) in [5, 5.41) is 16.7. The number of nitrogens with two attached hydrogens (primary N) is 1. The van der Waals surface area contributed by atoms with Gasteiger partial charge in [-0.3, -0.25) is 4.79 Å². The molecule has 2 aromatic heterocycles. The molecule has 1 fully saturated rings. The summed E-state index contributed by atoms with van der Waals surface area (Å²) in [4.78, 5) is 14.9. The third-order valence-corrected chi connectivity index (χ3v) is 4.80. The summed E-state index contributed by atoms with van der Waals surface area (Å²) in [6.45, 7) is 1.67. The third-order valence-electron chi connectivity index (χ3n) is 4.80. The highest BCUT2D eigenvalue weighted by Gasteiger charge is 2.20. The molecule has 27 heavy (non-hydrogen) atoms. The van der Waals surface area contributed by atoms with E-state index in [0.29, 0.717) is 16.9 Å². The first-order chi connectivity index (χ1) is 13.2. The highest BCUT2D eigenvalue weighted by molar-refractivity contribution is 6.04. The van der Waals surface area contributed by atoms with Gasteiger partial charge in [0.25, 0.3) is 5.91 Å². The van der Waals surface area contributed by atoms with Crippen molar-refractivity contribution in [1.82, 2.24) is 9.61 Å². The molecule has 0 bridgehead atoms. The van der Waals surface area contributed by atoms with Crippen LogP contribution in [-0.4, -0.2) is 34.7 Å². The number of amides is 1. The number of nitrogens with zero attached hydrogens (tertiary/aromatic N) is 4. The number of benzene rings is 1. The number of rotatable bonds is 3. The van der Waals surface area contributed by atoms with Crippen molar-refractivity contribution in [2.45, 2.75) is 18.9 Å². The molecule has 0 radical (unpaired) electrons. The van der Waals surface area contributed by atoms with E-state index in [0.717, 1.165) is 37.3 Å². The summed E-state index contributed by atoms with van der Waals surface area (Å²) in [7, 11) is 0. The number of para-hydroxylation sites is 1. The van der Waals surface area contributed by atoms with Gasteiger partial charge in [-0.1, -0.05) is 12.1 Å². The Morgan fingerprint density at radius 3 is 2.85 bits per heavy atom. The van der Waals surface area contributed by atoms with Gasteiger partial charge in [-0.2, -0.15) is 5.26 Å². The van der Waals surface area contributed by atoms with Gasteiger partial charge >= 0.3 is 0 Å². The van der Waals surface area contributed by atoms with Gasteiger partial charge < -0.3 is 16.0 Å². The van der Waals surface area contributed by atoms with Crippen molar-refractivity contribution in [3.05, 3.63) is 59.8 Å². The van der Waals surface area contributed by atoms with E-state index in [1.165, 1.54) is 0 Å². The first kappa shape index (κ1) is 17.1. The van der Waals surface area contributed by atoms with Crippen LogP contribution in [0.15, 0.2) is 48.5 Å². The lowest BCUT2D eigenvalue weighted by molar-refractivity contribution is 0.102. The lowest BCUT2D eigenvalue weighted by Gasteiger charge is -2.31. The van der Waals surface area contributed by atoms with Crippen LogP contribution in [0.2, 0.25) is 0 Å². The Balaban J connectivity index is 1.64. The van der Waals surface area contributed by atoms with Crippen LogP contribution in [0.25, 0.3) is 5.52 Å². The highest BCUT2D eigenvalue weighted by Crippen LogP contribution is 2.20. The minimum absolute atomic E-state index is 0.145. The van der Waals surface area contributed by atoms with Crippen LogP contribution < -0.4 is 16.0 Å². The van der Waals surface area contributed by atoms with E-state index in [-0.39, 0.29) is 11.9 Å². The maximum Gasteiger partial charge on any atom is 0.274 e. The third kappa shape index (κ3) is 3.35. The molecule has 1 aromatic carbocycles. The van der Waals surface area contributed by atoms with Gasteiger partial charge in [-0.05, 0) is 49.2 Å².